The molecule has 0 radical (unpaired) electrons. The molecule has 1 fully saturated rings. The molecule has 1 N–H and O–H groups in total. The first-order valence-electron chi connectivity index (χ1n) is 5.28. The van der Waals surface area contributed by atoms with Crippen LogP contribution in [0.2, 0.25) is 0 Å². The molecule has 0 bridgehead atoms. The third-order valence-electron chi connectivity index (χ3n) is 3.02. The van der Waals surface area contributed by atoms with Crippen molar-refractivity contribution in [3.05, 3.63) is 16.8 Å². The lowest BCUT2D eigenvalue weighted by Crippen LogP contribution is -2.33. The maximum absolute atomic E-state index is 8.86. The maximum Gasteiger partial charge on any atom is 0.0474 e. The molecular formula is C11H17NOS. The zero-order valence-corrected chi connectivity index (χ0v) is 9.17. The van der Waals surface area contributed by atoms with Crippen LogP contribution in [0.25, 0.3) is 0 Å². The van der Waals surface area contributed by atoms with E-state index in [0.717, 1.165) is 25.4 Å². The first-order chi connectivity index (χ1) is 6.90. The van der Waals surface area contributed by atoms with E-state index >= 15 is 0 Å². The Kier molecular flexibility index (Phi) is 3.43. The van der Waals surface area contributed by atoms with Gasteiger partial charge in [-0.3, -0.25) is 0 Å². The van der Waals surface area contributed by atoms with Crippen molar-refractivity contribution < 1.29 is 5.11 Å². The van der Waals surface area contributed by atoms with Gasteiger partial charge in [0.25, 0.3) is 0 Å². The largest absolute Gasteiger partial charge is 0.396 e. The number of piperidine rings is 1. The van der Waals surface area contributed by atoms with Crippen LogP contribution in [0, 0.1) is 5.92 Å². The minimum atomic E-state index is 0.350. The minimum Gasteiger partial charge on any atom is -0.396 e. The Balaban J connectivity index is 1.84. The van der Waals surface area contributed by atoms with Gasteiger partial charge in [0.05, 0.1) is 0 Å². The summed E-state index contributed by atoms with van der Waals surface area (Å²) in [5, 5.41) is 13.2. The fourth-order valence-electron chi connectivity index (χ4n) is 2.10. The average molecular weight is 211 g/mol. The Bertz CT molecular complexity index is 252. The Morgan fingerprint density at radius 2 is 2.21 bits per heavy atom. The van der Waals surface area contributed by atoms with Crippen molar-refractivity contribution in [2.45, 2.75) is 19.3 Å². The number of anilines is 1. The molecule has 0 amide bonds. The van der Waals surface area contributed by atoms with Crippen LogP contribution in [0.3, 0.4) is 0 Å². The van der Waals surface area contributed by atoms with E-state index in [0.29, 0.717) is 6.61 Å². The Morgan fingerprint density at radius 1 is 1.43 bits per heavy atom. The zero-order valence-electron chi connectivity index (χ0n) is 8.35. The number of nitrogens with zero attached hydrogens (tertiary/aromatic N) is 1. The first-order valence-corrected chi connectivity index (χ1v) is 6.22. The van der Waals surface area contributed by atoms with Crippen LogP contribution in [-0.4, -0.2) is 24.8 Å². The Labute approximate surface area is 89.2 Å². The fourth-order valence-corrected chi connectivity index (χ4v) is 2.76. The Hall–Kier alpha value is -0.540. The van der Waals surface area contributed by atoms with Gasteiger partial charge in [0, 0.05) is 30.8 Å². The zero-order chi connectivity index (χ0) is 9.80. The summed E-state index contributed by atoms with van der Waals surface area (Å²) in [6.07, 6.45) is 3.45. The molecule has 2 nitrogen and oxygen atoms in total. The molecule has 0 atom stereocenters. The second kappa shape index (κ2) is 4.80. The predicted molar refractivity (Wildman–Crippen MR) is 61.0 cm³/mol. The van der Waals surface area contributed by atoms with Gasteiger partial charge in [0.1, 0.15) is 0 Å². The molecule has 0 unspecified atom stereocenters. The quantitative estimate of drug-likeness (QED) is 0.829. The van der Waals surface area contributed by atoms with Gasteiger partial charge in [0.15, 0.2) is 0 Å². The summed E-state index contributed by atoms with van der Waals surface area (Å²) >= 11 is 1.76. The van der Waals surface area contributed by atoms with E-state index in [9.17, 15) is 0 Å². The molecule has 1 aromatic rings. The highest BCUT2D eigenvalue weighted by Crippen LogP contribution is 2.26. The molecular weight excluding hydrogens is 194 g/mol. The number of thiophene rings is 1. The van der Waals surface area contributed by atoms with Crippen LogP contribution in [-0.2, 0) is 0 Å². The molecule has 0 saturated carbocycles. The summed E-state index contributed by atoms with van der Waals surface area (Å²) < 4.78 is 0. The number of aliphatic hydroxyl groups excluding tert-OH is 1. The van der Waals surface area contributed by atoms with E-state index in [1.807, 2.05) is 0 Å². The summed E-state index contributed by atoms with van der Waals surface area (Å²) in [5.74, 6) is 0.745. The van der Waals surface area contributed by atoms with Crippen molar-refractivity contribution in [3.63, 3.8) is 0 Å². The molecule has 2 heterocycles. The monoisotopic (exact) mass is 211 g/mol. The lowest BCUT2D eigenvalue weighted by atomic mass is 9.94. The van der Waals surface area contributed by atoms with E-state index in [1.54, 1.807) is 11.3 Å². The molecule has 1 aliphatic rings. The number of hydrogen-bond donors (Lipinski definition) is 1. The van der Waals surface area contributed by atoms with Gasteiger partial charge in [-0.1, -0.05) is 0 Å². The lowest BCUT2D eigenvalue weighted by Gasteiger charge is -2.32. The highest BCUT2D eigenvalue weighted by atomic mass is 32.1. The third kappa shape index (κ3) is 2.28. The van der Waals surface area contributed by atoms with Crippen molar-refractivity contribution in [1.82, 2.24) is 0 Å². The van der Waals surface area contributed by atoms with Crippen LogP contribution < -0.4 is 4.90 Å². The van der Waals surface area contributed by atoms with Gasteiger partial charge in [-0.15, -0.1) is 0 Å². The summed E-state index contributed by atoms with van der Waals surface area (Å²) in [5.41, 5.74) is 1.37. The van der Waals surface area contributed by atoms with E-state index < -0.39 is 0 Å². The molecule has 1 aliphatic heterocycles. The lowest BCUT2D eigenvalue weighted by molar-refractivity contribution is 0.240. The second-order valence-corrected chi connectivity index (χ2v) is 4.70. The normalized spacial score (nSPS) is 18.8. The standard InChI is InChI=1S/C11H17NOS/c13-7-3-10-1-5-12(6-2-10)11-4-8-14-9-11/h4,8-10,13H,1-3,5-7H2. The van der Waals surface area contributed by atoms with Crippen molar-refractivity contribution in [2.75, 3.05) is 24.6 Å². The van der Waals surface area contributed by atoms with Gasteiger partial charge in [-0.25, -0.2) is 0 Å². The third-order valence-corrected chi connectivity index (χ3v) is 3.69. The molecule has 14 heavy (non-hydrogen) atoms. The average Bonchev–Trinajstić information content (AvgIpc) is 2.72. The van der Waals surface area contributed by atoms with E-state index in [4.69, 9.17) is 5.11 Å². The topological polar surface area (TPSA) is 23.5 Å². The van der Waals surface area contributed by atoms with Gasteiger partial charge in [0.2, 0.25) is 0 Å². The van der Waals surface area contributed by atoms with Crippen LogP contribution in [0.5, 0.6) is 0 Å². The molecule has 1 aromatic heterocycles. The molecule has 1 saturated heterocycles. The molecule has 78 valence electrons. The van der Waals surface area contributed by atoms with Gasteiger partial charge < -0.3 is 10.0 Å². The first kappa shape index (κ1) is 9.99. The van der Waals surface area contributed by atoms with E-state index in [1.165, 1.54) is 18.5 Å². The molecule has 0 aliphatic carbocycles. The van der Waals surface area contributed by atoms with Crippen molar-refractivity contribution in [3.8, 4) is 0 Å². The Morgan fingerprint density at radius 3 is 2.79 bits per heavy atom. The SMILES string of the molecule is OCCC1CCN(c2ccsc2)CC1. The second-order valence-electron chi connectivity index (χ2n) is 3.92. The molecule has 0 spiro atoms. The van der Waals surface area contributed by atoms with E-state index in [-0.39, 0.29) is 0 Å². The van der Waals surface area contributed by atoms with Gasteiger partial charge >= 0.3 is 0 Å². The van der Waals surface area contributed by atoms with Gasteiger partial charge in [-0.2, -0.15) is 11.3 Å². The number of aliphatic hydroxyl groups is 1. The summed E-state index contributed by atoms with van der Waals surface area (Å²) in [6, 6.07) is 2.19. The number of rotatable bonds is 3. The maximum atomic E-state index is 8.86. The van der Waals surface area contributed by atoms with Crippen molar-refractivity contribution >= 4 is 17.0 Å². The van der Waals surface area contributed by atoms with Crippen molar-refractivity contribution in [1.29, 1.82) is 0 Å². The van der Waals surface area contributed by atoms with Crippen LogP contribution >= 0.6 is 11.3 Å². The molecule has 3 heteroatoms. The summed E-state index contributed by atoms with van der Waals surface area (Å²) in [7, 11) is 0. The van der Waals surface area contributed by atoms with Crippen LogP contribution in [0.1, 0.15) is 19.3 Å². The smallest absolute Gasteiger partial charge is 0.0474 e. The molecule has 0 aromatic carbocycles. The van der Waals surface area contributed by atoms with Crippen LogP contribution in [0.4, 0.5) is 5.69 Å². The minimum absolute atomic E-state index is 0.350. The highest BCUT2D eigenvalue weighted by molar-refractivity contribution is 7.08. The van der Waals surface area contributed by atoms with Gasteiger partial charge in [-0.05, 0) is 36.6 Å². The highest BCUT2D eigenvalue weighted by Gasteiger charge is 2.18. The fraction of sp³-hybridized carbons (Fsp3) is 0.636. The summed E-state index contributed by atoms with van der Waals surface area (Å²) in [6.45, 7) is 2.66. The van der Waals surface area contributed by atoms with E-state index in [2.05, 4.69) is 21.7 Å². The predicted octanol–water partition coefficient (Wildman–Crippen LogP) is 2.35. The summed E-state index contributed by atoms with van der Waals surface area (Å²) in [4.78, 5) is 2.45. The number of hydrogen-bond acceptors (Lipinski definition) is 3. The van der Waals surface area contributed by atoms with Crippen LogP contribution in [0.15, 0.2) is 16.8 Å². The van der Waals surface area contributed by atoms with Crippen molar-refractivity contribution in [2.24, 2.45) is 5.92 Å². The molecule has 2 rings (SSSR count).